The maximum atomic E-state index is 6.19. The highest BCUT2D eigenvalue weighted by Gasteiger charge is 2.06. The number of benzene rings is 1. The summed E-state index contributed by atoms with van der Waals surface area (Å²) in [6.45, 7) is 4.16. The molecule has 0 atom stereocenters. The largest absolute Gasteiger partial charge is 0.472 e. The van der Waals surface area contributed by atoms with E-state index in [2.05, 4.69) is 33.2 Å². The van der Waals surface area contributed by atoms with E-state index in [9.17, 15) is 0 Å². The fourth-order valence-corrected chi connectivity index (χ4v) is 2.34. The molecule has 5 heteroatoms. The first-order valence-corrected chi connectivity index (χ1v) is 7.59. The predicted octanol–water partition coefficient (Wildman–Crippen LogP) is 4.19. The van der Waals surface area contributed by atoms with Crippen molar-refractivity contribution in [2.24, 2.45) is 0 Å². The van der Waals surface area contributed by atoms with Gasteiger partial charge in [0.15, 0.2) is 0 Å². The topological polar surface area (TPSA) is 34.2 Å². The van der Waals surface area contributed by atoms with Crippen molar-refractivity contribution < 1.29 is 4.74 Å². The number of pyridine rings is 1. The summed E-state index contributed by atoms with van der Waals surface area (Å²) in [5, 5.41) is 3.77. The number of aromatic nitrogens is 1. The number of halogens is 2. The number of nitrogens with one attached hydrogen (secondary N) is 1. The molecule has 0 aliphatic carbocycles. The number of ether oxygens (including phenoxy) is 1. The first-order valence-electron chi connectivity index (χ1n) is 6.42. The van der Waals surface area contributed by atoms with E-state index in [1.165, 1.54) is 0 Å². The standard InChI is InChI=1S/C15H16BrClN2O/c1-2-18-8-11-7-14(17)15(19-9-11)20-10-12-5-3-4-6-13(12)16/h3-7,9,18H,2,8,10H2,1H3. The van der Waals surface area contributed by atoms with E-state index >= 15 is 0 Å². The molecule has 0 spiro atoms. The molecular formula is C15H16BrClN2O. The fourth-order valence-electron chi connectivity index (χ4n) is 1.70. The lowest BCUT2D eigenvalue weighted by atomic mass is 10.2. The predicted molar refractivity (Wildman–Crippen MR) is 85.1 cm³/mol. The normalized spacial score (nSPS) is 10.6. The van der Waals surface area contributed by atoms with Gasteiger partial charge >= 0.3 is 0 Å². The average Bonchev–Trinajstić information content (AvgIpc) is 2.45. The van der Waals surface area contributed by atoms with Gasteiger partial charge in [-0.05, 0) is 24.2 Å². The van der Waals surface area contributed by atoms with E-state index in [1.54, 1.807) is 6.20 Å². The molecule has 0 saturated carbocycles. The smallest absolute Gasteiger partial charge is 0.232 e. The molecule has 2 rings (SSSR count). The lowest BCUT2D eigenvalue weighted by Crippen LogP contribution is -2.12. The van der Waals surface area contributed by atoms with Crippen LogP contribution in [-0.2, 0) is 13.2 Å². The quantitative estimate of drug-likeness (QED) is 0.844. The van der Waals surface area contributed by atoms with Crippen LogP contribution in [0.5, 0.6) is 5.88 Å². The van der Waals surface area contributed by atoms with Gasteiger partial charge in [-0.2, -0.15) is 0 Å². The molecule has 1 N–H and O–H groups in total. The Hall–Kier alpha value is -1.10. The lowest BCUT2D eigenvalue weighted by molar-refractivity contribution is 0.293. The van der Waals surface area contributed by atoms with Crippen LogP contribution in [0.1, 0.15) is 18.1 Å². The zero-order valence-electron chi connectivity index (χ0n) is 11.2. The molecule has 3 nitrogen and oxygen atoms in total. The van der Waals surface area contributed by atoms with Crippen molar-refractivity contribution in [3.05, 3.63) is 57.2 Å². The Balaban J connectivity index is 2.01. The van der Waals surface area contributed by atoms with E-state index < -0.39 is 0 Å². The Morgan fingerprint density at radius 1 is 1.35 bits per heavy atom. The molecule has 2 aromatic rings. The van der Waals surface area contributed by atoms with Gasteiger partial charge < -0.3 is 10.1 Å². The highest BCUT2D eigenvalue weighted by atomic mass is 79.9. The maximum absolute atomic E-state index is 6.19. The molecule has 106 valence electrons. The van der Waals surface area contributed by atoms with Crippen molar-refractivity contribution in [3.63, 3.8) is 0 Å². The molecule has 20 heavy (non-hydrogen) atoms. The molecule has 0 bridgehead atoms. The Kier molecular flexibility index (Phi) is 5.83. The Labute approximate surface area is 132 Å². The van der Waals surface area contributed by atoms with Crippen LogP contribution in [0.25, 0.3) is 0 Å². The second-order valence-corrected chi connectivity index (χ2v) is 5.55. The van der Waals surface area contributed by atoms with Crippen molar-refractivity contribution in [2.75, 3.05) is 6.54 Å². The molecule has 0 aliphatic rings. The zero-order valence-corrected chi connectivity index (χ0v) is 13.5. The zero-order chi connectivity index (χ0) is 14.4. The van der Waals surface area contributed by atoms with Crippen LogP contribution < -0.4 is 10.1 Å². The van der Waals surface area contributed by atoms with Crippen LogP contribution in [0.4, 0.5) is 0 Å². The summed E-state index contributed by atoms with van der Waals surface area (Å²) in [5.41, 5.74) is 2.10. The second kappa shape index (κ2) is 7.62. The summed E-state index contributed by atoms with van der Waals surface area (Å²) in [4.78, 5) is 4.27. The molecule has 0 fully saturated rings. The van der Waals surface area contributed by atoms with E-state index in [0.717, 1.165) is 28.7 Å². The molecule has 0 radical (unpaired) electrons. The third-order valence-corrected chi connectivity index (χ3v) is 3.81. The van der Waals surface area contributed by atoms with Gasteiger partial charge in [0.05, 0.1) is 0 Å². The van der Waals surface area contributed by atoms with E-state index in [-0.39, 0.29) is 0 Å². The van der Waals surface area contributed by atoms with Crippen molar-refractivity contribution >= 4 is 27.5 Å². The monoisotopic (exact) mass is 354 g/mol. The summed E-state index contributed by atoms with van der Waals surface area (Å²) >= 11 is 9.67. The van der Waals surface area contributed by atoms with Crippen molar-refractivity contribution in [3.8, 4) is 5.88 Å². The lowest BCUT2D eigenvalue weighted by Gasteiger charge is -2.09. The highest BCUT2D eigenvalue weighted by Crippen LogP contribution is 2.24. The summed E-state index contributed by atoms with van der Waals surface area (Å²) in [7, 11) is 0. The molecule has 0 aliphatic heterocycles. The third-order valence-electron chi connectivity index (χ3n) is 2.77. The highest BCUT2D eigenvalue weighted by molar-refractivity contribution is 9.10. The second-order valence-electron chi connectivity index (χ2n) is 4.29. The Bertz CT molecular complexity index is 578. The number of rotatable bonds is 6. The molecule has 0 amide bonds. The third kappa shape index (κ3) is 4.20. The SMILES string of the molecule is CCNCc1cnc(OCc2ccccc2Br)c(Cl)c1. The molecule has 1 aromatic heterocycles. The van der Waals surface area contributed by atoms with Crippen LogP contribution in [0.2, 0.25) is 5.02 Å². The van der Waals surface area contributed by atoms with Crippen molar-refractivity contribution in [2.45, 2.75) is 20.1 Å². The molecular weight excluding hydrogens is 340 g/mol. The maximum Gasteiger partial charge on any atom is 0.232 e. The van der Waals surface area contributed by atoms with E-state index in [4.69, 9.17) is 16.3 Å². The van der Waals surface area contributed by atoms with E-state index in [1.807, 2.05) is 30.3 Å². The fraction of sp³-hybridized carbons (Fsp3) is 0.267. The van der Waals surface area contributed by atoms with Gasteiger partial charge in [-0.3, -0.25) is 0 Å². The van der Waals surface area contributed by atoms with Gasteiger partial charge in [0.1, 0.15) is 11.6 Å². The minimum absolute atomic E-state index is 0.431. The average molecular weight is 356 g/mol. The van der Waals surface area contributed by atoms with Crippen LogP contribution in [0, 0.1) is 0 Å². The molecule has 0 unspecified atom stereocenters. The number of hydrogen-bond donors (Lipinski definition) is 1. The minimum atomic E-state index is 0.431. The van der Waals surface area contributed by atoms with Gasteiger partial charge in [0.2, 0.25) is 5.88 Å². The first-order chi connectivity index (χ1) is 9.70. The molecule has 0 saturated heterocycles. The van der Waals surface area contributed by atoms with Crippen molar-refractivity contribution in [1.29, 1.82) is 0 Å². The van der Waals surface area contributed by atoms with Crippen molar-refractivity contribution in [1.82, 2.24) is 10.3 Å². The molecule has 1 heterocycles. The summed E-state index contributed by atoms with van der Waals surface area (Å²) in [6, 6.07) is 9.80. The van der Waals surface area contributed by atoms with E-state index in [0.29, 0.717) is 17.5 Å². The van der Waals surface area contributed by atoms with Gasteiger partial charge in [-0.25, -0.2) is 4.98 Å². The Morgan fingerprint density at radius 2 is 2.15 bits per heavy atom. The molecule has 1 aromatic carbocycles. The van der Waals surface area contributed by atoms with Gasteiger partial charge in [-0.1, -0.05) is 52.7 Å². The van der Waals surface area contributed by atoms with Crippen LogP contribution >= 0.6 is 27.5 Å². The van der Waals surface area contributed by atoms with Gasteiger partial charge in [0, 0.05) is 22.8 Å². The summed E-state index contributed by atoms with van der Waals surface area (Å²) in [6.07, 6.45) is 1.78. The number of nitrogens with zero attached hydrogens (tertiary/aromatic N) is 1. The van der Waals surface area contributed by atoms with Gasteiger partial charge in [-0.15, -0.1) is 0 Å². The van der Waals surface area contributed by atoms with Crippen LogP contribution in [-0.4, -0.2) is 11.5 Å². The number of hydrogen-bond acceptors (Lipinski definition) is 3. The first kappa shape index (κ1) is 15.3. The summed E-state index contributed by atoms with van der Waals surface area (Å²) < 4.78 is 6.68. The summed E-state index contributed by atoms with van der Waals surface area (Å²) in [5.74, 6) is 0.461. The van der Waals surface area contributed by atoms with Crippen LogP contribution in [0.15, 0.2) is 41.0 Å². The van der Waals surface area contributed by atoms with Crippen LogP contribution in [0.3, 0.4) is 0 Å². The van der Waals surface area contributed by atoms with Gasteiger partial charge in [0.25, 0.3) is 0 Å². The minimum Gasteiger partial charge on any atom is -0.472 e. The Morgan fingerprint density at radius 3 is 2.85 bits per heavy atom.